The number of nitrogens with one attached hydrogen (secondary N) is 2. The molecule has 0 aliphatic carbocycles. The van der Waals surface area contributed by atoms with Crippen LogP contribution < -0.4 is 10.6 Å². The zero-order valence-corrected chi connectivity index (χ0v) is 8.27. The van der Waals surface area contributed by atoms with Gasteiger partial charge in [0.2, 0.25) is 5.91 Å². The summed E-state index contributed by atoms with van der Waals surface area (Å²) in [5.41, 5.74) is 1.54. The highest BCUT2D eigenvalue weighted by molar-refractivity contribution is 6.33. The first-order chi connectivity index (χ1) is 6.13. The van der Waals surface area contributed by atoms with Gasteiger partial charge in [0.05, 0.1) is 10.7 Å². The average Bonchev–Trinajstić information content (AvgIpc) is 2.07. The standard InChI is InChI=1S/C9H11ClN2O/c1-6(13)12-7-3-4-8(10)9(5-7)11-2/h3-5,11H,1-2H3,(H,12,13). The second-order valence-electron chi connectivity index (χ2n) is 2.63. The highest BCUT2D eigenvalue weighted by Gasteiger charge is 2.00. The molecule has 0 spiro atoms. The summed E-state index contributed by atoms with van der Waals surface area (Å²) in [7, 11) is 1.78. The minimum Gasteiger partial charge on any atom is -0.387 e. The fourth-order valence-corrected chi connectivity index (χ4v) is 1.21. The van der Waals surface area contributed by atoms with Gasteiger partial charge >= 0.3 is 0 Å². The van der Waals surface area contributed by atoms with E-state index >= 15 is 0 Å². The molecule has 2 N–H and O–H groups in total. The van der Waals surface area contributed by atoms with E-state index in [1.165, 1.54) is 6.92 Å². The Morgan fingerprint density at radius 1 is 1.46 bits per heavy atom. The van der Waals surface area contributed by atoms with E-state index in [2.05, 4.69) is 10.6 Å². The van der Waals surface area contributed by atoms with Gasteiger partial charge < -0.3 is 10.6 Å². The number of hydrogen-bond acceptors (Lipinski definition) is 2. The number of carbonyl (C=O) groups excluding carboxylic acids is 1. The molecule has 0 radical (unpaired) electrons. The molecule has 0 unspecified atom stereocenters. The molecular weight excluding hydrogens is 188 g/mol. The van der Waals surface area contributed by atoms with Gasteiger partial charge in [-0.05, 0) is 18.2 Å². The molecule has 0 atom stereocenters. The van der Waals surface area contributed by atoms with Gasteiger partial charge in [0.1, 0.15) is 0 Å². The molecule has 0 saturated heterocycles. The number of carbonyl (C=O) groups is 1. The normalized spacial score (nSPS) is 9.46. The lowest BCUT2D eigenvalue weighted by atomic mass is 10.2. The van der Waals surface area contributed by atoms with E-state index in [4.69, 9.17) is 11.6 Å². The maximum Gasteiger partial charge on any atom is 0.221 e. The van der Waals surface area contributed by atoms with Gasteiger partial charge in [-0.25, -0.2) is 0 Å². The van der Waals surface area contributed by atoms with Crippen molar-refractivity contribution in [2.24, 2.45) is 0 Å². The lowest BCUT2D eigenvalue weighted by Gasteiger charge is -2.06. The van der Waals surface area contributed by atoms with Gasteiger partial charge in [-0.15, -0.1) is 0 Å². The maximum absolute atomic E-state index is 10.7. The second-order valence-corrected chi connectivity index (χ2v) is 3.03. The third-order valence-electron chi connectivity index (χ3n) is 1.56. The number of rotatable bonds is 2. The van der Waals surface area contributed by atoms with Gasteiger partial charge in [-0.3, -0.25) is 4.79 Å². The fourth-order valence-electron chi connectivity index (χ4n) is 0.998. The van der Waals surface area contributed by atoms with E-state index in [0.29, 0.717) is 5.02 Å². The average molecular weight is 199 g/mol. The Labute approximate surface area is 82.1 Å². The lowest BCUT2D eigenvalue weighted by Crippen LogP contribution is -2.05. The summed E-state index contributed by atoms with van der Waals surface area (Å²) < 4.78 is 0. The van der Waals surface area contributed by atoms with Crippen molar-refractivity contribution in [1.82, 2.24) is 0 Å². The van der Waals surface area contributed by atoms with Crippen LogP contribution in [-0.2, 0) is 4.79 Å². The van der Waals surface area contributed by atoms with Crippen LogP contribution in [-0.4, -0.2) is 13.0 Å². The minimum atomic E-state index is -0.0932. The quantitative estimate of drug-likeness (QED) is 0.766. The van der Waals surface area contributed by atoms with Crippen molar-refractivity contribution in [2.45, 2.75) is 6.92 Å². The molecular formula is C9H11ClN2O. The van der Waals surface area contributed by atoms with Gasteiger partial charge in [-0.1, -0.05) is 11.6 Å². The molecule has 0 fully saturated rings. The monoisotopic (exact) mass is 198 g/mol. The van der Waals surface area contributed by atoms with Gasteiger partial charge in [0, 0.05) is 19.7 Å². The predicted molar refractivity (Wildman–Crippen MR) is 55.3 cm³/mol. The summed E-state index contributed by atoms with van der Waals surface area (Å²) in [6, 6.07) is 5.27. The summed E-state index contributed by atoms with van der Waals surface area (Å²) in [6.45, 7) is 1.47. The Morgan fingerprint density at radius 3 is 2.69 bits per heavy atom. The van der Waals surface area contributed by atoms with E-state index in [1.807, 2.05) is 0 Å². The van der Waals surface area contributed by atoms with Gasteiger partial charge in [0.15, 0.2) is 0 Å². The number of halogens is 1. The van der Waals surface area contributed by atoms with Crippen LogP contribution in [0.5, 0.6) is 0 Å². The maximum atomic E-state index is 10.7. The lowest BCUT2D eigenvalue weighted by molar-refractivity contribution is -0.114. The van der Waals surface area contributed by atoms with Crippen LogP contribution in [0.3, 0.4) is 0 Å². The fraction of sp³-hybridized carbons (Fsp3) is 0.222. The summed E-state index contributed by atoms with van der Waals surface area (Å²) in [5.74, 6) is -0.0932. The molecule has 1 rings (SSSR count). The zero-order valence-electron chi connectivity index (χ0n) is 7.52. The van der Waals surface area contributed by atoms with E-state index in [0.717, 1.165) is 11.4 Å². The third kappa shape index (κ3) is 2.63. The van der Waals surface area contributed by atoms with E-state index < -0.39 is 0 Å². The van der Waals surface area contributed by atoms with Crippen molar-refractivity contribution in [1.29, 1.82) is 0 Å². The minimum absolute atomic E-state index is 0.0932. The van der Waals surface area contributed by atoms with Crippen LogP contribution in [0.15, 0.2) is 18.2 Å². The molecule has 0 heterocycles. The van der Waals surface area contributed by atoms with E-state index in [-0.39, 0.29) is 5.91 Å². The number of hydrogen-bond donors (Lipinski definition) is 2. The van der Waals surface area contributed by atoms with Crippen molar-refractivity contribution in [3.8, 4) is 0 Å². The van der Waals surface area contributed by atoms with Crippen LogP contribution in [0.1, 0.15) is 6.92 Å². The smallest absolute Gasteiger partial charge is 0.221 e. The topological polar surface area (TPSA) is 41.1 Å². The molecule has 1 amide bonds. The zero-order chi connectivity index (χ0) is 9.84. The molecule has 1 aromatic carbocycles. The van der Waals surface area contributed by atoms with Gasteiger partial charge in [-0.2, -0.15) is 0 Å². The number of amides is 1. The Kier molecular flexibility index (Phi) is 3.14. The summed E-state index contributed by atoms with van der Waals surface area (Å²) in [6.07, 6.45) is 0. The van der Waals surface area contributed by atoms with Crippen molar-refractivity contribution in [3.63, 3.8) is 0 Å². The molecule has 4 heteroatoms. The van der Waals surface area contributed by atoms with Crippen molar-refractivity contribution in [2.75, 3.05) is 17.7 Å². The van der Waals surface area contributed by atoms with E-state index in [1.54, 1.807) is 25.2 Å². The largest absolute Gasteiger partial charge is 0.387 e. The summed E-state index contributed by atoms with van der Waals surface area (Å²) in [4.78, 5) is 10.7. The summed E-state index contributed by atoms with van der Waals surface area (Å²) in [5, 5.41) is 6.23. The number of benzene rings is 1. The van der Waals surface area contributed by atoms with Crippen LogP contribution in [0.4, 0.5) is 11.4 Å². The Balaban J connectivity index is 2.92. The van der Waals surface area contributed by atoms with Crippen LogP contribution in [0.25, 0.3) is 0 Å². The van der Waals surface area contributed by atoms with Crippen molar-refractivity contribution in [3.05, 3.63) is 23.2 Å². The molecule has 0 aliphatic heterocycles. The molecule has 0 aliphatic rings. The molecule has 70 valence electrons. The van der Waals surface area contributed by atoms with Crippen LogP contribution >= 0.6 is 11.6 Å². The SMILES string of the molecule is CNc1cc(NC(C)=O)ccc1Cl. The second kappa shape index (κ2) is 4.14. The third-order valence-corrected chi connectivity index (χ3v) is 1.89. The van der Waals surface area contributed by atoms with Crippen LogP contribution in [0, 0.1) is 0 Å². The Hall–Kier alpha value is -1.22. The highest BCUT2D eigenvalue weighted by Crippen LogP contribution is 2.24. The first kappa shape index (κ1) is 9.86. The van der Waals surface area contributed by atoms with Crippen molar-refractivity contribution < 1.29 is 4.79 Å². The van der Waals surface area contributed by atoms with E-state index in [9.17, 15) is 4.79 Å². The highest BCUT2D eigenvalue weighted by atomic mass is 35.5. The molecule has 13 heavy (non-hydrogen) atoms. The predicted octanol–water partition coefficient (Wildman–Crippen LogP) is 2.34. The Bertz CT molecular complexity index is 325. The van der Waals surface area contributed by atoms with Gasteiger partial charge in [0.25, 0.3) is 0 Å². The first-order valence-electron chi connectivity index (χ1n) is 3.88. The molecule has 0 aromatic heterocycles. The van der Waals surface area contributed by atoms with Crippen LogP contribution in [0.2, 0.25) is 5.02 Å². The Morgan fingerprint density at radius 2 is 2.15 bits per heavy atom. The summed E-state index contributed by atoms with van der Waals surface area (Å²) >= 11 is 5.86. The molecule has 0 saturated carbocycles. The molecule has 3 nitrogen and oxygen atoms in total. The molecule has 0 bridgehead atoms. The number of anilines is 2. The molecule has 1 aromatic rings. The van der Waals surface area contributed by atoms with Crippen molar-refractivity contribution >= 4 is 28.9 Å². The first-order valence-corrected chi connectivity index (χ1v) is 4.26.